The maximum Gasteiger partial charge on any atom is 0.412 e. The van der Waals surface area contributed by atoms with Gasteiger partial charge in [0.25, 0.3) is 0 Å². The molecular formula is C18H23N3O6. The minimum atomic E-state index is -0.636. The number of anilines is 1. The van der Waals surface area contributed by atoms with Crippen molar-refractivity contribution in [1.29, 1.82) is 0 Å². The molecule has 2 fully saturated rings. The number of ketones is 1. The predicted molar refractivity (Wildman–Crippen MR) is 95.8 cm³/mol. The summed E-state index contributed by atoms with van der Waals surface area (Å²) in [6.45, 7) is 4.31. The number of carbonyl (C=O) groups is 3. The van der Waals surface area contributed by atoms with Gasteiger partial charge in [0.15, 0.2) is 11.9 Å². The number of ether oxygens (including phenoxy) is 3. The van der Waals surface area contributed by atoms with Gasteiger partial charge in [-0.25, -0.2) is 9.59 Å². The third-order valence-electron chi connectivity index (χ3n) is 4.46. The number of rotatable bonds is 5. The molecule has 4 atom stereocenters. The summed E-state index contributed by atoms with van der Waals surface area (Å²) in [5.74, 6) is -0.0487. The van der Waals surface area contributed by atoms with Gasteiger partial charge < -0.3 is 24.8 Å². The van der Waals surface area contributed by atoms with Crippen molar-refractivity contribution in [3.63, 3.8) is 0 Å². The molecule has 3 rings (SSSR count). The second-order valence-corrected chi connectivity index (χ2v) is 6.41. The van der Waals surface area contributed by atoms with E-state index in [1.807, 2.05) is 6.92 Å². The molecule has 27 heavy (non-hydrogen) atoms. The van der Waals surface area contributed by atoms with Crippen LogP contribution in [0.3, 0.4) is 0 Å². The first-order chi connectivity index (χ1) is 13.0. The Morgan fingerprint density at radius 1 is 1.11 bits per heavy atom. The molecule has 0 saturated carbocycles. The van der Waals surface area contributed by atoms with Gasteiger partial charge in [-0.15, -0.1) is 0 Å². The Kier molecular flexibility index (Phi) is 5.92. The van der Waals surface area contributed by atoms with Crippen LogP contribution in [0.5, 0.6) is 0 Å². The molecule has 146 valence electrons. The second-order valence-electron chi connectivity index (χ2n) is 6.41. The molecular weight excluding hydrogens is 354 g/mol. The molecule has 2 aliphatic heterocycles. The van der Waals surface area contributed by atoms with E-state index in [2.05, 4.69) is 16.0 Å². The summed E-state index contributed by atoms with van der Waals surface area (Å²) < 4.78 is 16.7. The lowest BCUT2D eigenvalue weighted by molar-refractivity contribution is 0.00872. The van der Waals surface area contributed by atoms with E-state index in [0.717, 1.165) is 0 Å². The highest BCUT2D eigenvalue weighted by molar-refractivity contribution is 5.95. The zero-order valence-electron chi connectivity index (χ0n) is 15.2. The van der Waals surface area contributed by atoms with Crippen LogP contribution in [0.1, 0.15) is 24.2 Å². The van der Waals surface area contributed by atoms with Gasteiger partial charge in [-0.05, 0) is 38.1 Å². The van der Waals surface area contributed by atoms with Crippen LogP contribution in [0.4, 0.5) is 15.3 Å². The van der Waals surface area contributed by atoms with Crippen molar-refractivity contribution in [3.05, 3.63) is 29.8 Å². The van der Waals surface area contributed by atoms with Crippen LogP contribution >= 0.6 is 0 Å². The number of hydrogen-bond donors (Lipinski definition) is 3. The molecule has 4 unspecified atom stereocenters. The zero-order valence-corrected chi connectivity index (χ0v) is 15.2. The minimum absolute atomic E-state index is 0.0487. The van der Waals surface area contributed by atoms with E-state index >= 15 is 0 Å². The van der Waals surface area contributed by atoms with E-state index in [0.29, 0.717) is 24.4 Å². The van der Waals surface area contributed by atoms with Crippen LogP contribution in [-0.4, -0.2) is 62.0 Å². The Bertz CT molecular complexity index is 708. The summed E-state index contributed by atoms with van der Waals surface area (Å²) in [6, 6.07) is 5.94. The molecule has 0 spiro atoms. The van der Waals surface area contributed by atoms with E-state index < -0.39 is 18.3 Å². The van der Waals surface area contributed by atoms with E-state index in [-0.39, 0.29) is 30.6 Å². The molecule has 9 heteroatoms. The van der Waals surface area contributed by atoms with Crippen LogP contribution < -0.4 is 16.0 Å². The lowest BCUT2D eigenvalue weighted by Crippen LogP contribution is -2.48. The molecule has 0 aromatic heterocycles. The lowest BCUT2D eigenvalue weighted by atomic mass is 10.1. The molecule has 2 saturated heterocycles. The quantitative estimate of drug-likeness (QED) is 0.666. The normalized spacial score (nSPS) is 26.1. The molecule has 3 N–H and O–H groups in total. The molecule has 0 radical (unpaired) electrons. The first-order valence-corrected chi connectivity index (χ1v) is 8.84. The van der Waals surface area contributed by atoms with Gasteiger partial charge in [0.2, 0.25) is 0 Å². The first-order valence-electron chi connectivity index (χ1n) is 8.84. The number of amides is 3. The van der Waals surface area contributed by atoms with Crippen molar-refractivity contribution < 1.29 is 28.6 Å². The minimum Gasteiger partial charge on any atom is -0.441 e. The third-order valence-corrected chi connectivity index (χ3v) is 4.46. The summed E-state index contributed by atoms with van der Waals surface area (Å²) in [5, 5.41) is 8.06. The number of benzene rings is 1. The van der Waals surface area contributed by atoms with Gasteiger partial charge in [0.05, 0.1) is 19.3 Å². The zero-order chi connectivity index (χ0) is 19.4. The third kappa shape index (κ3) is 4.55. The van der Waals surface area contributed by atoms with Gasteiger partial charge in [-0.3, -0.25) is 10.1 Å². The van der Waals surface area contributed by atoms with Crippen LogP contribution in [0.15, 0.2) is 24.3 Å². The molecule has 1 aromatic rings. The Morgan fingerprint density at radius 2 is 1.81 bits per heavy atom. The standard InChI is InChI=1S/C18H23N3O6/c1-3-19-17(23)21-13-8-25-16-14(9-26-15(13)16)27-18(24)20-12-6-4-11(5-7-12)10(2)22/h4-7,13-16H,3,8-9H2,1-2H3,(H,20,24)(H2,19,21,23). The number of nitrogens with one attached hydrogen (secondary N) is 3. The molecule has 2 heterocycles. The average molecular weight is 377 g/mol. The molecule has 2 aliphatic rings. The van der Waals surface area contributed by atoms with E-state index in [9.17, 15) is 14.4 Å². The summed E-state index contributed by atoms with van der Waals surface area (Å²) in [4.78, 5) is 35.1. The van der Waals surface area contributed by atoms with Crippen LogP contribution in [0.2, 0.25) is 0 Å². The Balaban J connectivity index is 1.51. The van der Waals surface area contributed by atoms with Crippen LogP contribution in [-0.2, 0) is 14.2 Å². The number of Topliss-reactive ketones (excluding diaryl/α,β-unsaturated/α-hetero) is 1. The number of carbonyl (C=O) groups excluding carboxylic acids is 3. The highest BCUT2D eigenvalue weighted by Crippen LogP contribution is 2.29. The molecule has 0 bridgehead atoms. The SMILES string of the molecule is CCNC(=O)NC1COC2C(OC(=O)Nc3ccc(C(C)=O)cc3)COC12. The smallest absolute Gasteiger partial charge is 0.412 e. The van der Waals surface area contributed by atoms with Crippen molar-refractivity contribution in [3.8, 4) is 0 Å². The van der Waals surface area contributed by atoms with E-state index in [1.165, 1.54) is 6.92 Å². The lowest BCUT2D eigenvalue weighted by Gasteiger charge is -2.18. The highest BCUT2D eigenvalue weighted by Gasteiger charge is 2.50. The summed E-state index contributed by atoms with van der Waals surface area (Å²) in [5.41, 5.74) is 1.08. The Hall–Kier alpha value is -2.65. The van der Waals surface area contributed by atoms with Gasteiger partial charge >= 0.3 is 12.1 Å². The molecule has 3 amide bonds. The number of hydrogen-bond acceptors (Lipinski definition) is 6. The number of fused-ring (bicyclic) bond motifs is 1. The maximum atomic E-state index is 12.1. The highest BCUT2D eigenvalue weighted by atomic mass is 16.6. The first kappa shape index (κ1) is 19.1. The topological polar surface area (TPSA) is 115 Å². The van der Waals surface area contributed by atoms with Gasteiger partial charge in [0, 0.05) is 17.8 Å². The average Bonchev–Trinajstić information content (AvgIpc) is 3.19. The van der Waals surface area contributed by atoms with Crippen molar-refractivity contribution >= 4 is 23.6 Å². The van der Waals surface area contributed by atoms with Gasteiger partial charge in [0.1, 0.15) is 12.2 Å². The molecule has 9 nitrogen and oxygen atoms in total. The Labute approximate surface area is 156 Å². The second kappa shape index (κ2) is 8.36. The van der Waals surface area contributed by atoms with Crippen molar-refractivity contribution in [2.75, 3.05) is 25.1 Å². The van der Waals surface area contributed by atoms with Crippen molar-refractivity contribution in [2.24, 2.45) is 0 Å². The van der Waals surface area contributed by atoms with Crippen LogP contribution in [0, 0.1) is 0 Å². The fourth-order valence-electron chi connectivity index (χ4n) is 3.14. The summed E-state index contributed by atoms with van der Waals surface area (Å²) in [6.07, 6.45) is -1.99. The fourth-order valence-corrected chi connectivity index (χ4v) is 3.14. The Morgan fingerprint density at radius 3 is 2.48 bits per heavy atom. The largest absolute Gasteiger partial charge is 0.441 e. The molecule has 0 aliphatic carbocycles. The van der Waals surface area contributed by atoms with Crippen molar-refractivity contribution in [2.45, 2.75) is 38.2 Å². The van der Waals surface area contributed by atoms with Crippen LogP contribution in [0.25, 0.3) is 0 Å². The van der Waals surface area contributed by atoms with Gasteiger partial charge in [-0.1, -0.05) is 0 Å². The van der Waals surface area contributed by atoms with Gasteiger partial charge in [-0.2, -0.15) is 0 Å². The monoisotopic (exact) mass is 377 g/mol. The summed E-state index contributed by atoms with van der Waals surface area (Å²) in [7, 11) is 0. The fraction of sp³-hybridized carbons (Fsp3) is 0.500. The predicted octanol–water partition coefficient (Wildman–Crippen LogP) is 1.29. The summed E-state index contributed by atoms with van der Waals surface area (Å²) >= 11 is 0. The van der Waals surface area contributed by atoms with E-state index in [1.54, 1.807) is 24.3 Å². The molecule has 1 aromatic carbocycles. The van der Waals surface area contributed by atoms with E-state index in [4.69, 9.17) is 14.2 Å². The maximum absolute atomic E-state index is 12.1. The van der Waals surface area contributed by atoms with Crippen molar-refractivity contribution in [1.82, 2.24) is 10.6 Å². The number of urea groups is 1.